The summed E-state index contributed by atoms with van der Waals surface area (Å²) in [5.74, 6) is -0.0358. The first-order valence-electron chi connectivity index (χ1n) is 9.22. The molecule has 0 saturated carbocycles. The molecule has 0 fully saturated rings. The third-order valence-electron chi connectivity index (χ3n) is 4.59. The van der Waals surface area contributed by atoms with E-state index in [2.05, 4.69) is 19.9 Å². The summed E-state index contributed by atoms with van der Waals surface area (Å²) in [4.78, 5) is 4.16. The van der Waals surface area contributed by atoms with Crippen LogP contribution in [0.25, 0.3) is 5.69 Å². The maximum absolute atomic E-state index is 13.1. The zero-order valence-corrected chi connectivity index (χ0v) is 18.9. The fraction of sp³-hybridized carbons (Fsp3) is 0.150. The van der Waals surface area contributed by atoms with Gasteiger partial charge < -0.3 is 0 Å². The zero-order valence-electron chi connectivity index (χ0n) is 16.6. The van der Waals surface area contributed by atoms with Crippen LogP contribution in [0.15, 0.2) is 59.8 Å². The number of aryl methyl sites for hydroxylation is 1. The first-order valence-corrected chi connectivity index (χ1v) is 11.5. The van der Waals surface area contributed by atoms with Crippen molar-refractivity contribution in [2.75, 3.05) is 4.72 Å². The third-order valence-corrected chi connectivity index (χ3v) is 6.90. The fourth-order valence-corrected chi connectivity index (χ4v) is 4.91. The number of anilines is 1. The molecule has 4 aromatic rings. The Hall–Kier alpha value is -2.88. The molecular formula is C20H18Cl2N6O2S. The van der Waals surface area contributed by atoms with Crippen LogP contribution in [0, 0.1) is 13.8 Å². The first kappa shape index (κ1) is 21.4. The van der Waals surface area contributed by atoms with Crippen LogP contribution >= 0.6 is 23.2 Å². The smallest absolute Gasteiger partial charge is 0.246 e. The van der Waals surface area contributed by atoms with Crippen molar-refractivity contribution in [2.24, 2.45) is 0 Å². The van der Waals surface area contributed by atoms with Gasteiger partial charge >= 0.3 is 0 Å². The summed E-state index contributed by atoms with van der Waals surface area (Å²) in [7, 11) is -3.94. The number of benzene rings is 2. The molecule has 0 unspecified atom stereocenters. The lowest BCUT2D eigenvalue weighted by molar-refractivity contribution is 0.599. The predicted molar refractivity (Wildman–Crippen MR) is 119 cm³/mol. The summed E-state index contributed by atoms with van der Waals surface area (Å²) < 4.78 is 31.6. The highest BCUT2D eigenvalue weighted by atomic mass is 35.5. The van der Waals surface area contributed by atoms with E-state index in [1.54, 1.807) is 30.7 Å². The average molecular weight is 477 g/mol. The topological polar surface area (TPSA) is 94.7 Å². The minimum absolute atomic E-state index is 0.0358. The number of sulfonamides is 1. The van der Waals surface area contributed by atoms with Crippen LogP contribution in [0.4, 0.5) is 5.95 Å². The molecule has 4 rings (SSSR count). The van der Waals surface area contributed by atoms with Crippen molar-refractivity contribution in [3.63, 3.8) is 0 Å². The van der Waals surface area contributed by atoms with Crippen molar-refractivity contribution in [3.05, 3.63) is 81.9 Å². The lowest BCUT2D eigenvalue weighted by atomic mass is 10.2. The van der Waals surface area contributed by atoms with Crippen LogP contribution in [0.1, 0.15) is 17.0 Å². The molecule has 11 heteroatoms. The fourth-order valence-electron chi connectivity index (χ4n) is 3.25. The number of hydrogen-bond donors (Lipinski definition) is 1. The van der Waals surface area contributed by atoms with E-state index in [1.807, 2.05) is 36.4 Å². The number of rotatable bonds is 6. The number of nitrogens with zero attached hydrogens (tertiary/aromatic N) is 5. The van der Waals surface area contributed by atoms with Crippen molar-refractivity contribution in [2.45, 2.75) is 25.3 Å². The molecule has 160 valence electrons. The van der Waals surface area contributed by atoms with Gasteiger partial charge in [0.2, 0.25) is 0 Å². The lowest BCUT2D eigenvalue weighted by Gasteiger charge is -2.07. The molecular weight excluding hydrogens is 459 g/mol. The van der Waals surface area contributed by atoms with Gasteiger partial charge in [-0.15, -0.1) is 5.10 Å². The second kappa shape index (κ2) is 8.33. The summed E-state index contributed by atoms with van der Waals surface area (Å²) >= 11 is 12.0. The van der Waals surface area contributed by atoms with Crippen LogP contribution in [0.5, 0.6) is 0 Å². The van der Waals surface area contributed by atoms with Crippen LogP contribution in [0.2, 0.25) is 10.0 Å². The summed E-state index contributed by atoms with van der Waals surface area (Å²) in [6.07, 6.45) is 1.44. The van der Waals surface area contributed by atoms with Crippen molar-refractivity contribution in [3.8, 4) is 5.69 Å². The van der Waals surface area contributed by atoms with Crippen LogP contribution in [-0.2, 0) is 16.6 Å². The van der Waals surface area contributed by atoms with Gasteiger partial charge in [0, 0.05) is 0 Å². The van der Waals surface area contributed by atoms with Gasteiger partial charge in [-0.05, 0) is 43.7 Å². The van der Waals surface area contributed by atoms with Gasteiger partial charge in [-0.1, -0.05) is 47.5 Å². The van der Waals surface area contributed by atoms with E-state index in [9.17, 15) is 8.42 Å². The molecule has 1 N–H and O–H groups in total. The molecule has 0 saturated heterocycles. The molecule has 8 nitrogen and oxygen atoms in total. The van der Waals surface area contributed by atoms with Crippen molar-refractivity contribution >= 4 is 39.2 Å². The second-order valence-electron chi connectivity index (χ2n) is 6.87. The van der Waals surface area contributed by atoms with Gasteiger partial charge in [-0.25, -0.2) is 22.5 Å². The Balaban J connectivity index is 1.57. The average Bonchev–Trinajstić information content (AvgIpc) is 3.28. The summed E-state index contributed by atoms with van der Waals surface area (Å²) in [6, 6.07) is 14.5. The SMILES string of the molecule is Cc1nn(-c2ccccc2)c(C)c1S(=O)(=O)Nc1ncn(Cc2ccc(Cl)c(Cl)c2)n1. The van der Waals surface area contributed by atoms with E-state index in [4.69, 9.17) is 23.2 Å². The van der Waals surface area contributed by atoms with Gasteiger partial charge in [0.15, 0.2) is 0 Å². The Morgan fingerprint density at radius 3 is 2.45 bits per heavy atom. The largest absolute Gasteiger partial charge is 0.267 e. The Labute approximate surface area is 189 Å². The normalized spacial score (nSPS) is 11.6. The Kier molecular flexibility index (Phi) is 5.74. The second-order valence-corrected chi connectivity index (χ2v) is 9.30. The number of hydrogen-bond acceptors (Lipinski definition) is 5. The maximum Gasteiger partial charge on any atom is 0.267 e. The molecule has 2 heterocycles. The minimum atomic E-state index is -3.94. The number of nitrogens with one attached hydrogen (secondary N) is 1. The molecule has 31 heavy (non-hydrogen) atoms. The molecule has 0 spiro atoms. The van der Waals surface area contributed by atoms with Gasteiger partial charge in [-0.3, -0.25) is 0 Å². The first-order chi connectivity index (χ1) is 14.7. The quantitative estimate of drug-likeness (QED) is 0.449. The standard InChI is InChI=1S/C20H18Cl2N6O2S/c1-13-19(14(2)28(24-13)16-6-4-3-5-7-16)31(29,30)26-20-23-12-27(25-20)11-15-8-9-17(21)18(22)10-15/h3-10,12H,11H2,1-2H3,(H,25,26). The molecule has 0 bridgehead atoms. The van der Waals surface area contributed by atoms with Crippen LogP contribution in [0.3, 0.4) is 0 Å². The Morgan fingerprint density at radius 2 is 1.74 bits per heavy atom. The lowest BCUT2D eigenvalue weighted by Crippen LogP contribution is -2.16. The molecule has 2 aromatic carbocycles. The predicted octanol–water partition coefficient (Wildman–Crippen LogP) is 4.24. The highest BCUT2D eigenvalue weighted by molar-refractivity contribution is 7.92. The van der Waals surface area contributed by atoms with E-state index < -0.39 is 10.0 Å². The van der Waals surface area contributed by atoms with E-state index in [-0.39, 0.29) is 10.8 Å². The Bertz CT molecular complexity index is 1350. The van der Waals surface area contributed by atoms with Gasteiger partial charge in [0.05, 0.1) is 33.7 Å². The number of aromatic nitrogens is 5. The van der Waals surface area contributed by atoms with Gasteiger partial charge in [0.1, 0.15) is 11.2 Å². The molecule has 0 aliphatic heterocycles. The summed E-state index contributed by atoms with van der Waals surface area (Å²) in [5.41, 5.74) is 2.49. The maximum atomic E-state index is 13.1. The molecule has 2 aromatic heterocycles. The van der Waals surface area contributed by atoms with Crippen molar-refractivity contribution < 1.29 is 8.42 Å². The molecule has 0 radical (unpaired) electrons. The highest BCUT2D eigenvalue weighted by Crippen LogP contribution is 2.25. The number of halogens is 2. The zero-order chi connectivity index (χ0) is 22.2. The van der Waals surface area contributed by atoms with E-state index >= 15 is 0 Å². The number of para-hydroxylation sites is 1. The van der Waals surface area contributed by atoms with Gasteiger partial charge in [0.25, 0.3) is 16.0 Å². The van der Waals surface area contributed by atoms with E-state index in [0.29, 0.717) is 28.0 Å². The van der Waals surface area contributed by atoms with E-state index in [1.165, 1.54) is 11.0 Å². The monoisotopic (exact) mass is 476 g/mol. The van der Waals surface area contributed by atoms with Crippen LogP contribution < -0.4 is 4.72 Å². The summed E-state index contributed by atoms with van der Waals surface area (Å²) in [5, 5.41) is 9.49. The molecule has 0 aliphatic carbocycles. The van der Waals surface area contributed by atoms with Crippen molar-refractivity contribution in [1.29, 1.82) is 0 Å². The molecule has 0 amide bonds. The van der Waals surface area contributed by atoms with E-state index in [0.717, 1.165) is 11.3 Å². The third kappa shape index (κ3) is 4.43. The molecule has 0 aliphatic rings. The summed E-state index contributed by atoms with van der Waals surface area (Å²) in [6.45, 7) is 3.71. The highest BCUT2D eigenvalue weighted by Gasteiger charge is 2.26. The van der Waals surface area contributed by atoms with Crippen LogP contribution in [-0.4, -0.2) is 33.0 Å². The van der Waals surface area contributed by atoms with Gasteiger partial charge in [-0.2, -0.15) is 10.1 Å². The van der Waals surface area contributed by atoms with Crippen molar-refractivity contribution in [1.82, 2.24) is 24.5 Å². The molecule has 0 atom stereocenters. The minimum Gasteiger partial charge on any atom is -0.246 e. The Morgan fingerprint density at radius 1 is 1.00 bits per heavy atom.